The molecule has 0 aromatic rings. The van der Waals surface area contributed by atoms with E-state index < -0.39 is 23.6 Å². The molecule has 7 nitrogen and oxygen atoms in total. The van der Waals surface area contributed by atoms with Crippen molar-refractivity contribution in [2.75, 3.05) is 32.8 Å². The van der Waals surface area contributed by atoms with Gasteiger partial charge in [0.1, 0.15) is 11.8 Å². The number of likely N-dealkylation sites (tertiary alicyclic amines) is 2. The Hall–Kier alpha value is -1.25. The van der Waals surface area contributed by atoms with Crippen LogP contribution < -0.4 is 0 Å². The lowest BCUT2D eigenvalue weighted by Gasteiger charge is -2.50. The molecule has 0 spiro atoms. The van der Waals surface area contributed by atoms with Gasteiger partial charge in [-0.15, -0.1) is 0 Å². The summed E-state index contributed by atoms with van der Waals surface area (Å²) in [6.45, 7) is 10.2. The Morgan fingerprint density at radius 2 is 1.47 bits per heavy atom. The summed E-state index contributed by atoms with van der Waals surface area (Å²) in [5, 5.41) is 0. The van der Waals surface area contributed by atoms with Crippen molar-refractivity contribution in [2.45, 2.75) is 103 Å². The normalized spacial score (nSPS) is 28.3. The second-order valence-electron chi connectivity index (χ2n) is 10.3. The molecule has 2 aliphatic heterocycles. The first kappa shape index (κ1) is 25.4. The zero-order chi connectivity index (χ0) is 23.4. The first-order valence-electron chi connectivity index (χ1n) is 12.4. The molecule has 1 unspecified atom stereocenters. The van der Waals surface area contributed by atoms with Crippen LogP contribution in [0.3, 0.4) is 0 Å². The number of halogens is 1. The molecule has 2 heterocycles. The number of carbonyl (C=O) groups excluding carboxylic acids is 2. The quantitative estimate of drug-likeness (QED) is 0.542. The van der Waals surface area contributed by atoms with E-state index in [4.69, 9.17) is 14.2 Å². The third kappa shape index (κ3) is 6.00. The minimum atomic E-state index is -1.34. The number of hydrogen-bond acceptors (Lipinski definition) is 7. The summed E-state index contributed by atoms with van der Waals surface area (Å²) >= 11 is 0. The smallest absolute Gasteiger partial charge is 0.371 e. The van der Waals surface area contributed by atoms with Crippen molar-refractivity contribution in [1.29, 1.82) is 0 Å². The van der Waals surface area contributed by atoms with Gasteiger partial charge >= 0.3 is 11.9 Å². The topological polar surface area (TPSA) is 68.3 Å². The largest absolute Gasteiger partial charge is 0.466 e. The van der Waals surface area contributed by atoms with Crippen molar-refractivity contribution >= 4 is 11.9 Å². The fourth-order valence-corrected chi connectivity index (χ4v) is 5.08. The summed E-state index contributed by atoms with van der Waals surface area (Å²) in [7, 11) is 0. The Labute approximate surface area is 191 Å². The predicted molar refractivity (Wildman–Crippen MR) is 119 cm³/mol. The molecule has 3 fully saturated rings. The van der Waals surface area contributed by atoms with Crippen LogP contribution >= 0.6 is 0 Å². The summed E-state index contributed by atoms with van der Waals surface area (Å²) in [5.41, 5.74) is -0.661. The predicted octanol–water partition coefficient (Wildman–Crippen LogP) is 3.65. The van der Waals surface area contributed by atoms with Crippen LogP contribution in [0.15, 0.2) is 0 Å². The number of carbonyl (C=O) groups is 2. The van der Waals surface area contributed by atoms with Crippen molar-refractivity contribution in [3.8, 4) is 0 Å². The third-order valence-corrected chi connectivity index (χ3v) is 6.68. The second-order valence-corrected chi connectivity index (χ2v) is 10.3. The van der Waals surface area contributed by atoms with E-state index in [0.29, 0.717) is 58.2 Å². The average Bonchev–Trinajstić information content (AvgIpc) is 3.27. The summed E-state index contributed by atoms with van der Waals surface area (Å²) in [6.07, 6.45) is 4.46. The van der Waals surface area contributed by atoms with Crippen molar-refractivity contribution in [1.82, 2.24) is 9.80 Å². The molecule has 0 amide bonds. The zero-order valence-electron chi connectivity index (χ0n) is 20.2. The van der Waals surface area contributed by atoms with Gasteiger partial charge in [0.15, 0.2) is 0 Å². The first-order chi connectivity index (χ1) is 15.2. The Morgan fingerprint density at radius 3 is 2.00 bits per heavy atom. The summed E-state index contributed by atoms with van der Waals surface area (Å²) < 4.78 is 31.8. The van der Waals surface area contributed by atoms with Gasteiger partial charge in [0.2, 0.25) is 0 Å². The van der Waals surface area contributed by atoms with Crippen LogP contribution in [0.2, 0.25) is 0 Å². The molecule has 1 saturated carbocycles. The van der Waals surface area contributed by atoms with Crippen molar-refractivity contribution < 1.29 is 28.2 Å². The number of nitrogens with zero attached hydrogens (tertiary/aromatic N) is 2. The number of hydrogen-bond donors (Lipinski definition) is 0. The average molecular weight is 457 g/mol. The minimum Gasteiger partial charge on any atom is -0.466 e. The summed E-state index contributed by atoms with van der Waals surface area (Å²) in [4.78, 5) is 30.0. The van der Waals surface area contributed by atoms with Crippen LogP contribution in [0, 0.1) is 5.92 Å². The lowest BCUT2D eigenvalue weighted by Crippen LogP contribution is -2.70. The summed E-state index contributed by atoms with van der Waals surface area (Å²) in [6, 6.07) is 0. The van der Waals surface area contributed by atoms with Gasteiger partial charge in [-0.1, -0.05) is 0 Å². The van der Waals surface area contributed by atoms with Crippen LogP contribution in [0.1, 0.15) is 79.1 Å². The number of ether oxygens (including phenoxy) is 3. The van der Waals surface area contributed by atoms with Gasteiger partial charge in [0.05, 0.1) is 18.6 Å². The van der Waals surface area contributed by atoms with Gasteiger partial charge < -0.3 is 14.2 Å². The van der Waals surface area contributed by atoms with Crippen molar-refractivity contribution in [3.05, 3.63) is 0 Å². The maximum atomic E-state index is 14.0. The van der Waals surface area contributed by atoms with Gasteiger partial charge in [0, 0.05) is 26.2 Å². The Morgan fingerprint density at radius 1 is 0.906 bits per heavy atom. The van der Waals surface area contributed by atoms with Crippen molar-refractivity contribution in [3.63, 3.8) is 0 Å². The number of piperidine rings is 1. The molecule has 2 saturated heterocycles. The second kappa shape index (κ2) is 10.8. The van der Waals surface area contributed by atoms with Crippen LogP contribution in [0.5, 0.6) is 0 Å². The lowest BCUT2D eigenvalue weighted by molar-refractivity contribution is -0.281. The molecule has 184 valence electrons. The molecule has 0 aromatic carbocycles. The third-order valence-electron chi connectivity index (χ3n) is 6.68. The molecule has 1 atom stereocenters. The molecule has 0 radical (unpaired) electrons. The number of esters is 2. The van der Waals surface area contributed by atoms with Crippen LogP contribution in [-0.4, -0.2) is 78.2 Å². The van der Waals surface area contributed by atoms with Gasteiger partial charge in [-0.2, -0.15) is 0 Å². The molecular formula is C24H41FN2O5. The molecule has 3 aliphatic rings. The maximum absolute atomic E-state index is 14.0. The standard InChI is InChI=1S/C24H41FN2O5/c1-5-30-21(28)18-8-10-20(11-9-18)31-24(26-14-6-7-15-26,22(29)32-23(2,3)4)27-16-12-19(25)13-17-27/h18-20H,5-17H2,1-4H3. The van der Waals surface area contributed by atoms with E-state index in [2.05, 4.69) is 4.90 Å². The Bertz CT molecular complexity index is 633. The van der Waals surface area contributed by atoms with E-state index in [0.717, 1.165) is 25.9 Å². The minimum absolute atomic E-state index is 0.111. The zero-order valence-corrected chi connectivity index (χ0v) is 20.2. The highest BCUT2D eigenvalue weighted by molar-refractivity contribution is 5.79. The molecular weight excluding hydrogens is 415 g/mol. The highest BCUT2D eigenvalue weighted by Gasteiger charge is 2.55. The maximum Gasteiger partial charge on any atom is 0.371 e. The van der Waals surface area contributed by atoms with Gasteiger partial charge in [0.25, 0.3) is 5.85 Å². The molecule has 8 heteroatoms. The Kier molecular flexibility index (Phi) is 8.55. The van der Waals surface area contributed by atoms with E-state index in [1.165, 1.54) is 0 Å². The van der Waals surface area contributed by atoms with E-state index >= 15 is 0 Å². The number of alkyl halides is 1. The first-order valence-corrected chi connectivity index (χ1v) is 12.4. The monoisotopic (exact) mass is 456 g/mol. The van der Waals surface area contributed by atoms with Crippen LogP contribution in [0.4, 0.5) is 4.39 Å². The molecule has 3 rings (SSSR count). The van der Waals surface area contributed by atoms with E-state index in [9.17, 15) is 14.0 Å². The van der Waals surface area contributed by atoms with Crippen LogP contribution in [-0.2, 0) is 23.8 Å². The van der Waals surface area contributed by atoms with Crippen LogP contribution in [0.25, 0.3) is 0 Å². The fourth-order valence-electron chi connectivity index (χ4n) is 5.08. The molecule has 32 heavy (non-hydrogen) atoms. The summed E-state index contributed by atoms with van der Waals surface area (Å²) in [5.74, 6) is -2.00. The number of rotatable bonds is 7. The highest BCUT2D eigenvalue weighted by atomic mass is 19.1. The Balaban J connectivity index is 1.83. The van der Waals surface area contributed by atoms with E-state index in [1.807, 2.05) is 32.6 Å². The van der Waals surface area contributed by atoms with Gasteiger partial charge in [-0.25, -0.2) is 9.18 Å². The lowest BCUT2D eigenvalue weighted by atomic mass is 9.87. The SMILES string of the molecule is CCOC(=O)C1CCC(OC(C(=O)OC(C)(C)C)(N2CCCC2)N2CCC(F)CC2)CC1. The molecule has 0 N–H and O–H groups in total. The molecule has 0 bridgehead atoms. The van der Waals surface area contributed by atoms with Crippen molar-refractivity contribution in [2.24, 2.45) is 5.92 Å². The molecule has 0 aromatic heterocycles. The fraction of sp³-hybridized carbons (Fsp3) is 0.917. The van der Waals surface area contributed by atoms with Gasteiger partial charge in [-0.3, -0.25) is 14.6 Å². The highest BCUT2D eigenvalue weighted by Crippen LogP contribution is 2.37. The molecule has 1 aliphatic carbocycles. The van der Waals surface area contributed by atoms with E-state index in [1.54, 1.807) is 0 Å². The van der Waals surface area contributed by atoms with Gasteiger partial charge in [-0.05, 0) is 79.1 Å². The van der Waals surface area contributed by atoms with E-state index in [-0.39, 0.29) is 18.0 Å².